The highest BCUT2D eigenvalue weighted by Gasteiger charge is 2.39. The number of halogens is 3. The van der Waals surface area contributed by atoms with Gasteiger partial charge in [0.05, 0.1) is 6.10 Å². The fourth-order valence-electron chi connectivity index (χ4n) is 2.45. The molecule has 0 aromatic heterocycles. The van der Waals surface area contributed by atoms with Gasteiger partial charge in [0, 0.05) is 6.04 Å². The zero-order valence-corrected chi connectivity index (χ0v) is 11.2. The Morgan fingerprint density at radius 1 is 1.17 bits per heavy atom. The van der Waals surface area contributed by atoms with Crippen molar-refractivity contribution in [1.82, 2.24) is 5.32 Å². The first-order chi connectivity index (χ1) is 8.45. The molecule has 1 saturated carbocycles. The van der Waals surface area contributed by atoms with Gasteiger partial charge in [-0.25, -0.2) is 0 Å². The molecule has 108 valence electrons. The monoisotopic (exact) mass is 267 g/mol. The fourth-order valence-corrected chi connectivity index (χ4v) is 2.45. The molecule has 1 N–H and O–H groups in total. The summed E-state index contributed by atoms with van der Waals surface area (Å²) in [5.74, 6) is 0. The van der Waals surface area contributed by atoms with E-state index in [4.69, 9.17) is 4.74 Å². The molecule has 1 aliphatic carbocycles. The second-order valence-electron chi connectivity index (χ2n) is 5.01. The number of ether oxygens (including phenoxy) is 1. The van der Waals surface area contributed by atoms with Crippen LogP contribution in [0.4, 0.5) is 13.2 Å². The molecule has 1 aliphatic rings. The molecule has 0 amide bonds. The minimum absolute atomic E-state index is 0.0556. The minimum Gasteiger partial charge on any atom is -0.364 e. The van der Waals surface area contributed by atoms with Crippen molar-refractivity contribution in [1.29, 1.82) is 0 Å². The van der Waals surface area contributed by atoms with Crippen molar-refractivity contribution in [2.75, 3.05) is 6.54 Å². The third kappa shape index (κ3) is 5.14. The molecule has 0 heterocycles. The Morgan fingerprint density at radius 2 is 1.78 bits per heavy atom. The van der Waals surface area contributed by atoms with Crippen molar-refractivity contribution in [3.63, 3.8) is 0 Å². The summed E-state index contributed by atoms with van der Waals surface area (Å²) in [5, 5.41) is 3.27. The first-order valence-electron chi connectivity index (χ1n) is 6.90. The normalized spacial score (nSPS) is 28.5. The number of hydrogen-bond donors (Lipinski definition) is 1. The van der Waals surface area contributed by atoms with Crippen LogP contribution in [0.25, 0.3) is 0 Å². The Bertz CT molecular complexity index is 233. The fraction of sp³-hybridized carbons (Fsp3) is 1.00. The molecule has 0 bridgehead atoms. The summed E-state index contributed by atoms with van der Waals surface area (Å²) in [6.07, 6.45) is -0.345. The minimum atomic E-state index is -4.26. The molecular weight excluding hydrogens is 243 g/mol. The van der Waals surface area contributed by atoms with Crippen molar-refractivity contribution >= 4 is 0 Å². The van der Waals surface area contributed by atoms with Crippen molar-refractivity contribution in [2.45, 2.75) is 76.8 Å². The van der Waals surface area contributed by atoms with E-state index in [1.165, 1.54) is 6.42 Å². The van der Waals surface area contributed by atoms with E-state index < -0.39 is 12.3 Å². The molecule has 2 nitrogen and oxygen atoms in total. The van der Waals surface area contributed by atoms with E-state index in [2.05, 4.69) is 5.32 Å². The average molecular weight is 267 g/mol. The molecule has 0 radical (unpaired) electrons. The number of nitrogens with one attached hydrogen (secondary N) is 1. The number of hydrogen-bond acceptors (Lipinski definition) is 2. The van der Waals surface area contributed by atoms with Gasteiger partial charge in [0.25, 0.3) is 0 Å². The lowest BCUT2D eigenvalue weighted by molar-refractivity contribution is -0.230. The lowest BCUT2D eigenvalue weighted by Crippen LogP contribution is -2.45. The van der Waals surface area contributed by atoms with Crippen molar-refractivity contribution in [3.05, 3.63) is 0 Å². The largest absolute Gasteiger partial charge is 0.414 e. The standard InChI is InChI=1S/C13H24F3NO/c1-3-17-11-8-6-4-5-7-9-12(11)18-10(2)13(14,15)16/h10-12,17H,3-9H2,1-2H3. The van der Waals surface area contributed by atoms with Crippen molar-refractivity contribution < 1.29 is 17.9 Å². The van der Waals surface area contributed by atoms with Gasteiger partial charge in [0.2, 0.25) is 0 Å². The molecule has 5 heteroatoms. The molecular formula is C13H24F3NO. The van der Waals surface area contributed by atoms with Crippen LogP contribution in [0, 0.1) is 0 Å². The second kappa shape index (κ2) is 7.34. The van der Waals surface area contributed by atoms with E-state index in [0.717, 1.165) is 45.6 Å². The van der Waals surface area contributed by atoms with Gasteiger partial charge in [0.15, 0.2) is 6.10 Å². The molecule has 1 fully saturated rings. The van der Waals surface area contributed by atoms with Crippen LogP contribution in [0.15, 0.2) is 0 Å². The summed E-state index contributed by atoms with van der Waals surface area (Å²) in [7, 11) is 0. The third-order valence-electron chi connectivity index (χ3n) is 3.51. The van der Waals surface area contributed by atoms with E-state index in [0.29, 0.717) is 0 Å². The SMILES string of the molecule is CCNC1CCCCCCC1OC(C)C(F)(F)F. The maximum absolute atomic E-state index is 12.6. The van der Waals surface area contributed by atoms with E-state index in [1.807, 2.05) is 6.92 Å². The van der Waals surface area contributed by atoms with Gasteiger partial charge < -0.3 is 10.1 Å². The van der Waals surface area contributed by atoms with Crippen LogP contribution in [0.3, 0.4) is 0 Å². The van der Waals surface area contributed by atoms with Crippen LogP contribution in [0.1, 0.15) is 52.4 Å². The van der Waals surface area contributed by atoms with Crippen LogP contribution in [-0.4, -0.2) is 31.0 Å². The van der Waals surface area contributed by atoms with Gasteiger partial charge in [-0.3, -0.25) is 0 Å². The Hall–Kier alpha value is -0.290. The molecule has 0 aromatic rings. The molecule has 1 rings (SSSR count). The van der Waals surface area contributed by atoms with Gasteiger partial charge in [-0.2, -0.15) is 13.2 Å². The van der Waals surface area contributed by atoms with E-state index >= 15 is 0 Å². The van der Waals surface area contributed by atoms with E-state index in [1.54, 1.807) is 0 Å². The summed E-state index contributed by atoms with van der Waals surface area (Å²) in [6, 6.07) is 0.0556. The van der Waals surface area contributed by atoms with Crippen molar-refractivity contribution in [2.24, 2.45) is 0 Å². The van der Waals surface area contributed by atoms with Gasteiger partial charge >= 0.3 is 6.18 Å². The van der Waals surface area contributed by atoms with Crippen LogP contribution >= 0.6 is 0 Å². The summed E-state index contributed by atoms with van der Waals surface area (Å²) in [6.45, 7) is 3.84. The number of rotatable bonds is 4. The molecule has 0 saturated heterocycles. The topological polar surface area (TPSA) is 21.3 Å². The summed E-state index contributed by atoms with van der Waals surface area (Å²) < 4.78 is 42.9. The molecule has 0 aliphatic heterocycles. The van der Waals surface area contributed by atoms with Crippen LogP contribution in [-0.2, 0) is 4.74 Å². The maximum Gasteiger partial charge on any atom is 0.414 e. The Kier molecular flexibility index (Phi) is 6.43. The van der Waals surface area contributed by atoms with E-state index in [9.17, 15) is 13.2 Å². The quantitative estimate of drug-likeness (QED) is 0.839. The summed E-state index contributed by atoms with van der Waals surface area (Å²) in [5.41, 5.74) is 0. The van der Waals surface area contributed by atoms with E-state index in [-0.39, 0.29) is 12.1 Å². The highest BCUT2D eigenvalue weighted by molar-refractivity contribution is 4.80. The third-order valence-corrected chi connectivity index (χ3v) is 3.51. The smallest absolute Gasteiger partial charge is 0.364 e. The predicted molar refractivity (Wildman–Crippen MR) is 65.6 cm³/mol. The van der Waals surface area contributed by atoms with Crippen molar-refractivity contribution in [3.8, 4) is 0 Å². The highest BCUT2D eigenvalue weighted by atomic mass is 19.4. The predicted octanol–water partition coefficient (Wildman–Crippen LogP) is 3.65. The lowest BCUT2D eigenvalue weighted by Gasteiger charge is -2.32. The van der Waals surface area contributed by atoms with Gasteiger partial charge in [-0.15, -0.1) is 0 Å². The Morgan fingerprint density at radius 3 is 2.33 bits per heavy atom. The van der Waals surface area contributed by atoms with Gasteiger partial charge in [-0.1, -0.05) is 32.6 Å². The first kappa shape index (κ1) is 15.8. The highest BCUT2D eigenvalue weighted by Crippen LogP contribution is 2.27. The Labute approximate surface area is 107 Å². The molecule has 0 spiro atoms. The summed E-state index contributed by atoms with van der Waals surface area (Å²) in [4.78, 5) is 0. The van der Waals surface area contributed by atoms with Crippen LogP contribution < -0.4 is 5.32 Å². The number of likely N-dealkylation sites (N-methyl/N-ethyl adjacent to an activating group) is 1. The lowest BCUT2D eigenvalue weighted by atomic mass is 9.94. The maximum atomic E-state index is 12.6. The summed E-state index contributed by atoms with van der Waals surface area (Å²) >= 11 is 0. The Balaban J connectivity index is 2.59. The average Bonchev–Trinajstić information content (AvgIpc) is 2.25. The first-order valence-corrected chi connectivity index (χ1v) is 6.90. The van der Waals surface area contributed by atoms with Crippen LogP contribution in [0.2, 0.25) is 0 Å². The molecule has 18 heavy (non-hydrogen) atoms. The van der Waals surface area contributed by atoms with Gasteiger partial charge in [0.1, 0.15) is 0 Å². The molecule has 3 unspecified atom stereocenters. The van der Waals surface area contributed by atoms with Crippen LogP contribution in [0.5, 0.6) is 0 Å². The second-order valence-corrected chi connectivity index (χ2v) is 5.01. The van der Waals surface area contributed by atoms with Gasteiger partial charge in [-0.05, 0) is 26.3 Å². The number of alkyl halides is 3. The zero-order valence-electron chi connectivity index (χ0n) is 11.2. The molecule has 3 atom stereocenters. The zero-order chi connectivity index (χ0) is 13.6. The molecule has 0 aromatic carbocycles.